The van der Waals surface area contributed by atoms with Crippen LogP contribution >= 0.6 is 0 Å². The maximum Gasteiger partial charge on any atom is 0.320 e. The van der Waals surface area contributed by atoms with Crippen LogP contribution < -0.4 is 5.32 Å². The van der Waals surface area contributed by atoms with Crippen LogP contribution in [0.3, 0.4) is 0 Å². The van der Waals surface area contributed by atoms with Gasteiger partial charge in [-0.3, -0.25) is 4.79 Å². The van der Waals surface area contributed by atoms with Gasteiger partial charge in [0.2, 0.25) is 0 Å². The Balaban J connectivity index is 1.77. The molecule has 2 saturated carbocycles. The lowest BCUT2D eigenvalue weighted by molar-refractivity contribution is -0.176. The third-order valence-corrected chi connectivity index (χ3v) is 4.35. The summed E-state index contributed by atoms with van der Waals surface area (Å²) in [6, 6.07) is 0.422. The zero-order valence-corrected chi connectivity index (χ0v) is 12.6. The summed E-state index contributed by atoms with van der Waals surface area (Å²) in [5.74, 6) is -0.165. The van der Waals surface area contributed by atoms with Crippen molar-refractivity contribution in [3.8, 4) is 0 Å². The number of nitrogens with one attached hydrogen (secondary N) is 1. The molecular weight excluding hydrogens is 242 g/mol. The van der Waals surface area contributed by atoms with Gasteiger partial charge in [-0.2, -0.15) is 0 Å². The third-order valence-electron chi connectivity index (χ3n) is 4.35. The molecule has 0 aromatic carbocycles. The molecule has 1 N–H and O–H groups in total. The first-order valence-electron chi connectivity index (χ1n) is 7.44. The average molecular weight is 269 g/mol. The predicted molar refractivity (Wildman–Crippen MR) is 74.0 cm³/mol. The first-order valence-corrected chi connectivity index (χ1v) is 7.44. The quantitative estimate of drug-likeness (QED) is 0.778. The van der Waals surface area contributed by atoms with Gasteiger partial charge in [-0.1, -0.05) is 6.42 Å². The van der Waals surface area contributed by atoms with Crippen LogP contribution in [0.1, 0.15) is 53.4 Å². The topological polar surface area (TPSA) is 47.6 Å². The number of rotatable bonds is 5. The lowest BCUT2D eigenvalue weighted by Crippen LogP contribution is -2.67. The van der Waals surface area contributed by atoms with Crippen LogP contribution in [0.5, 0.6) is 0 Å². The molecule has 0 bridgehead atoms. The van der Waals surface area contributed by atoms with Gasteiger partial charge in [0.1, 0.15) is 5.60 Å². The van der Waals surface area contributed by atoms with Crippen LogP contribution in [0.15, 0.2) is 0 Å². The Kier molecular flexibility index (Phi) is 4.21. The van der Waals surface area contributed by atoms with Gasteiger partial charge in [-0.25, -0.2) is 0 Å². The van der Waals surface area contributed by atoms with Crippen molar-refractivity contribution < 1.29 is 14.3 Å². The Morgan fingerprint density at radius 3 is 2.53 bits per heavy atom. The van der Waals surface area contributed by atoms with Gasteiger partial charge in [-0.05, 0) is 47.0 Å². The summed E-state index contributed by atoms with van der Waals surface area (Å²) in [6.45, 7) is 8.83. The number of hydrogen-bond acceptors (Lipinski definition) is 4. The van der Waals surface area contributed by atoms with Gasteiger partial charge >= 0.3 is 5.97 Å². The van der Waals surface area contributed by atoms with Crippen molar-refractivity contribution in [1.29, 1.82) is 0 Å². The minimum atomic E-state index is -0.402. The molecule has 2 aliphatic rings. The van der Waals surface area contributed by atoms with Gasteiger partial charge in [0, 0.05) is 18.1 Å². The largest absolute Gasteiger partial charge is 0.459 e. The van der Waals surface area contributed by atoms with E-state index in [-0.39, 0.29) is 5.97 Å². The minimum absolute atomic E-state index is 0.165. The van der Waals surface area contributed by atoms with Gasteiger partial charge < -0.3 is 14.8 Å². The minimum Gasteiger partial charge on any atom is -0.459 e. The standard InChI is InChI=1S/C15H27NO3/c1-5-18-12-9-11(15(12)7-6-8-15)16-10-13(17)19-14(2,3)4/h11-12,16H,5-10H2,1-4H3. The third kappa shape index (κ3) is 3.11. The molecule has 110 valence electrons. The summed E-state index contributed by atoms with van der Waals surface area (Å²) in [6.07, 6.45) is 5.15. The highest BCUT2D eigenvalue weighted by Crippen LogP contribution is 2.57. The Labute approximate surface area is 116 Å². The fourth-order valence-corrected chi connectivity index (χ4v) is 3.31. The number of ether oxygens (including phenoxy) is 2. The predicted octanol–water partition coefficient (Wildman–Crippen LogP) is 2.27. The van der Waals surface area contributed by atoms with E-state index in [2.05, 4.69) is 5.32 Å². The highest BCUT2D eigenvalue weighted by molar-refractivity contribution is 5.72. The molecule has 2 rings (SSSR count). The first kappa shape index (κ1) is 14.8. The van der Waals surface area contributed by atoms with Crippen molar-refractivity contribution in [3.05, 3.63) is 0 Å². The van der Waals surface area contributed by atoms with E-state index in [4.69, 9.17) is 9.47 Å². The summed E-state index contributed by atoms with van der Waals surface area (Å²) in [7, 11) is 0. The zero-order valence-electron chi connectivity index (χ0n) is 12.6. The number of carbonyl (C=O) groups is 1. The van der Waals surface area contributed by atoms with E-state index in [9.17, 15) is 4.79 Å². The molecule has 0 saturated heterocycles. The Morgan fingerprint density at radius 1 is 1.37 bits per heavy atom. The van der Waals surface area contributed by atoms with Crippen LogP contribution in [0.4, 0.5) is 0 Å². The van der Waals surface area contributed by atoms with Crippen molar-refractivity contribution in [2.45, 2.75) is 71.1 Å². The van der Waals surface area contributed by atoms with E-state index in [1.165, 1.54) is 19.3 Å². The summed E-state index contributed by atoms with van der Waals surface area (Å²) in [4.78, 5) is 11.7. The fraction of sp³-hybridized carbons (Fsp3) is 0.933. The highest BCUT2D eigenvalue weighted by Gasteiger charge is 2.58. The zero-order chi connectivity index (χ0) is 14.1. The molecule has 2 fully saturated rings. The van der Waals surface area contributed by atoms with Crippen molar-refractivity contribution in [2.24, 2.45) is 5.41 Å². The van der Waals surface area contributed by atoms with Crippen LogP contribution in [0.2, 0.25) is 0 Å². The van der Waals surface area contributed by atoms with Crippen LogP contribution in [-0.2, 0) is 14.3 Å². The molecule has 2 atom stereocenters. The Bertz CT molecular complexity index is 331. The van der Waals surface area contributed by atoms with Crippen LogP contribution in [-0.4, -0.2) is 36.9 Å². The number of hydrogen-bond donors (Lipinski definition) is 1. The molecule has 0 aromatic rings. The van der Waals surface area contributed by atoms with Gasteiger partial charge in [0.25, 0.3) is 0 Å². The van der Waals surface area contributed by atoms with Crippen molar-refractivity contribution >= 4 is 5.97 Å². The Hall–Kier alpha value is -0.610. The van der Waals surface area contributed by atoms with E-state index in [1.807, 2.05) is 27.7 Å². The lowest BCUT2D eigenvalue weighted by atomic mass is 9.51. The second-order valence-corrected chi connectivity index (χ2v) is 6.79. The molecule has 0 amide bonds. The van der Waals surface area contributed by atoms with Crippen molar-refractivity contribution in [2.75, 3.05) is 13.2 Å². The molecule has 0 radical (unpaired) electrons. The molecule has 19 heavy (non-hydrogen) atoms. The summed E-state index contributed by atoms with van der Waals surface area (Å²) in [5.41, 5.74) is -0.0988. The second kappa shape index (κ2) is 5.41. The van der Waals surface area contributed by atoms with E-state index in [0.717, 1.165) is 13.0 Å². The molecule has 2 unspecified atom stereocenters. The smallest absolute Gasteiger partial charge is 0.320 e. The van der Waals surface area contributed by atoms with Crippen molar-refractivity contribution in [1.82, 2.24) is 5.32 Å². The molecule has 4 nitrogen and oxygen atoms in total. The number of esters is 1. The van der Waals surface area contributed by atoms with Crippen molar-refractivity contribution in [3.63, 3.8) is 0 Å². The molecule has 0 aliphatic heterocycles. The first-order chi connectivity index (χ1) is 8.87. The monoisotopic (exact) mass is 269 g/mol. The van der Waals surface area contributed by atoms with Crippen LogP contribution in [0, 0.1) is 5.41 Å². The van der Waals surface area contributed by atoms with E-state index < -0.39 is 5.60 Å². The molecular formula is C15H27NO3. The lowest BCUT2D eigenvalue weighted by Gasteiger charge is -2.61. The summed E-state index contributed by atoms with van der Waals surface area (Å²) in [5, 5.41) is 3.37. The van der Waals surface area contributed by atoms with Gasteiger partial charge in [0.05, 0.1) is 12.6 Å². The molecule has 1 spiro atoms. The normalized spacial score (nSPS) is 28.6. The van der Waals surface area contributed by atoms with Gasteiger partial charge in [0.15, 0.2) is 0 Å². The van der Waals surface area contributed by atoms with Crippen LogP contribution in [0.25, 0.3) is 0 Å². The molecule has 0 heterocycles. The molecule has 4 heteroatoms. The molecule has 2 aliphatic carbocycles. The maximum absolute atomic E-state index is 11.7. The Morgan fingerprint density at radius 2 is 2.05 bits per heavy atom. The fourth-order valence-electron chi connectivity index (χ4n) is 3.31. The van der Waals surface area contributed by atoms with E-state index >= 15 is 0 Å². The number of carbonyl (C=O) groups excluding carboxylic acids is 1. The average Bonchev–Trinajstić information content (AvgIpc) is 2.17. The van der Waals surface area contributed by atoms with E-state index in [1.54, 1.807) is 0 Å². The highest BCUT2D eigenvalue weighted by atomic mass is 16.6. The maximum atomic E-state index is 11.7. The summed E-state index contributed by atoms with van der Waals surface area (Å²) >= 11 is 0. The second-order valence-electron chi connectivity index (χ2n) is 6.79. The van der Waals surface area contributed by atoms with E-state index in [0.29, 0.717) is 24.1 Å². The SMILES string of the molecule is CCOC1CC(NCC(=O)OC(C)(C)C)C12CCC2. The van der Waals surface area contributed by atoms with Gasteiger partial charge in [-0.15, -0.1) is 0 Å². The molecule has 0 aromatic heterocycles. The summed E-state index contributed by atoms with van der Waals surface area (Å²) < 4.78 is 11.1.